The Morgan fingerprint density at radius 3 is 2.73 bits per heavy atom. The Morgan fingerprint density at radius 1 is 1.53 bits per heavy atom. The minimum Gasteiger partial charge on any atom is -0.466 e. The molecule has 15 heavy (non-hydrogen) atoms. The molecule has 0 rings (SSSR count). The lowest BCUT2D eigenvalue weighted by Gasteiger charge is -2.11. The molecule has 0 saturated carbocycles. The number of unbranched alkanes of at least 4 members (excludes halogenated alkanes) is 1. The van der Waals surface area contributed by atoms with Gasteiger partial charge >= 0.3 is 5.97 Å². The predicted molar refractivity (Wildman–Crippen MR) is 57.5 cm³/mol. The fourth-order valence-electron chi connectivity index (χ4n) is 1.04. The van der Waals surface area contributed by atoms with Crippen molar-refractivity contribution in [1.82, 2.24) is 0 Å². The first-order valence-corrected chi connectivity index (χ1v) is 5.13. The van der Waals surface area contributed by atoms with Crippen molar-refractivity contribution in [3.05, 3.63) is 12.2 Å². The summed E-state index contributed by atoms with van der Waals surface area (Å²) in [5, 5.41) is 9.47. The summed E-state index contributed by atoms with van der Waals surface area (Å²) in [7, 11) is 1.29. The van der Waals surface area contributed by atoms with E-state index in [2.05, 4.69) is 18.2 Å². The molecule has 1 unspecified atom stereocenters. The van der Waals surface area contributed by atoms with E-state index >= 15 is 0 Å². The number of carbonyl (C=O) groups is 1. The maximum absolute atomic E-state index is 10.9. The Bertz CT molecular complexity index is 201. The van der Waals surface area contributed by atoms with Gasteiger partial charge in [-0.15, -0.1) is 0 Å². The first-order valence-electron chi connectivity index (χ1n) is 5.13. The zero-order chi connectivity index (χ0) is 11.7. The molecular formula is C11H20O4. The van der Waals surface area contributed by atoms with Crippen molar-refractivity contribution in [1.29, 1.82) is 0 Å². The molecule has 0 radical (unpaired) electrons. The molecule has 0 heterocycles. The summed E-state index contributed by atoms with van der Waals surface area (Å²) < 4.78 is 9.67. The van der Waals surface area contributed by atoms with E-state index in [1.54, 1.807) is 0 Å². The highest BCUT2D eigenvalue weighted by Gasteiger charge is 2.12. The van der Waals surface area contributed by atoms with Gasteiger partial charge in [0.05, 0.1) is 19.8 Å². The molecule has 4 heteroatoms. The van der Waals surface area contributed by atoms with Crippen LogP contribution in [0.4, 0.5) is 0 Å². The van der Waals surface area contributed by atoms with Gasteiger partial charge in [0, 0.05) is 18.6 Å². The number of rotatable bonds is 8. The highest BCUT2D eigenvalue weighted by atomic mass is 16.5. The minimum absolute atomic E-state index is 0.193. The summed E-state index contributed by atoms with van der Waals surface area (Å²) in [4.78, 5) is 10.9. The molecule has 0 fully saturated rings. The van der Waals surface area contributed by atoms with Crippen LogP contribution in [-0.2, 0) is 14.3 Å². The van der Waals surface area contributed by atoms with Crippen molar-refractivity contribution in [3.63, 3.8) is 0 Å². The van der Waals surface area contributed by atoms with E-state index in [-0.39, 0.29) is 18.6 Å². The number of hydrogen-bond donors (Lipinski definition) is 1. The number of aliphatic hydroxyl groups is 1. The second-order valence-electron chi connectivity index (χ2n) is 3.38. The molecule has 0 amide bonds. The van der Waals surface area contributed by atoms with Gasteiger partial charge in [-0.2, -0.15) is 0 Å². The third-order valence-electron chi connectivity index (χ3n) is 1.91. The highest BCUT2D eigenvalue weighted by molar-refractivity contribution is 5.87. The molecule has 0 aromatic heterocycles. The number of ether oxygens (including phenoxy) is 2. The van der Waals surface area contributed by atoms with Crippen LogP contribution in [0.2, 0.25) is 0 Å². The first kappa shape index (κ1) is 14.1. The fraction of sp³-hybridized carbons (Fsp3) is 0.727. The van der Waals surface area contributed by atoms with Gasteiger partial charge in [0.1, 0.15) is 0 Å². The van der Waals surface area contributed by atoms with Crippen molar-refractivity contribution in [3.8, 4) is 0 Å². The summed E-state index contributed by atoms with van der Waals surface area (Å²) in [6, 6.07) is 0. The van der Waals surface area contributed by atoms with Crippen LogP contribution in [0.1, 0.15) is 26.2 Å². The van der Waals surface area contributed by atoms with E-state index in [9.17, 15) is 9.90 Å². The SMILES string of the molecule is C=C(CC(O)COCCCC)C(=O)OC. The molecular weight excluding hydrogens is 196 g/mol. The Balaban J connectivity index is 3.60. The normalized spacial score (nSPS) is 12.2. The van der Waals surface area contributed by atoms with E-state index in [0.29, 0.717) is 6.61 Å². The molecule has 0 aliphatic heterocycles. The lowest BCUT2D eigenvalue weighted by Crippen LogP contribution is -2.19. The van der Waals surface area contributed by atoms with E-state index in [1.165, 1.54) is 7.11 Å². The fourth-order valence-corrected chi connectivity index (χ4v) is 1.04. The molecule has 0 aromatic carbocycles. The summed E-state index contributed by atoms with van der Waals surface area (Å²) in [5.74, 6) is -0.484. The Kier molecular flexibility index (Phi) is 7.95. The lowest BCUT2D eigenvalue weighted by atomic mass is 10.1. The van der Waals surface area contributed by atoms with Gasteiger partial charge in [-0.3, -0.25) is 0 Å². The topological polar surface area (TPSA) is 55.8 Å². The Morgan fingerprint density at radius 2 is 2.20 bits per heavy atom. The van der Waals surface area contributed by atoms with Crippen LogP contribution in [0.5, 0.6) is 0 Å². The largest absolute Gasteiger partial charge is 0.466 e. The number of carbonyl (C=O) groups excluding carboxylic acids is 1. The smallest absolute Gasteiger partial charge is 0.333 e. The first-order chi connectivity index (χ1) is 7.11. The van der Waals surface area contributed by atoms with Gasteiger partial charge in [0.2, 0.25) is 0 Å². The van der Waals surface area contributed by atoms with Crippen molar-refractivity contribution >= 4 is 5.97 Å². The van der Waals surface area contributed by atoms with Gasteiger partial charge in [-0.05, 0) is 6.42 Å². The summed E-state index contributed by atoms with van der Waals surface area (Å²) in [6.07, 6.45) is 1.54. The molecule has 88 valence electrons. The van der Waals surface area contributed by atoms with E-state index in [1.807, 2.05) is 0 Å². The van der Waals surface area contributed by atoms with Crippen LogP contribution >= 0.6 is 0 Å². The molecule has 0 aliphatic rings. The van der Waals surface area contributed by atoms with Gasteiger partial charge in [0.25, 0.3) is 0 Å². The molecule has 0 saturated heterocycles. The minimum atomic E-state index is -0.687. The third-order valence-corrected chi connectivity index (χ3v) is 1.91. The number of methoxy groups -OCH3 is 1. The summed E-state index contributed by atoms with van der Waals surface area (Å²) in [5.41, 5.74) is 0.268. The molecule has 1 atom stereocenters. The number of aliphatic hydroxyl groups excluding tert-OH is 1. The van der Waals surface area contributed by atoms with Crippen LogP contribution < -0.4 is 0 Å². The second-order valence-corrected chi connectivity index (χ2v) is 3.38. The quantitative estimate of drug-likeness (QED) is 0.377. The third kappa shape index (κ3) is 7.11. The van der Waals surface area contributed by atoms with Crippen LogP contribution in [0.15, 0.2) is 12.2 Å². The Hall–Kier alpha value is -0.870. The molecule has 0 aromatic rings. The van der Waals surface area contributed by atoms with Gasteiger partial charge in [0.15, 0.2) is 0 Å². The van der Waals surface area contributed by atoms with E-state index in [4.69, 9.17) is 4.74 Å². The van der Waals surface area contributed by atoms with Gasteiger partial charge in [-0.25, -0.2) is 4.79 Å². The summed E-state index contributed by atoms with van der Waals surface area (Å²) >= 11 is 0. The molecule has 4 nitrogen and oxygen atoms in total. The monoisotopic (exact) mass is 216 g/mol. The van der Waals surface area contributed by atoms with E-state index < -0.39 is 12.1 Å². The van der Waals surface area contributed by atoms with Crippen molar-refractivity contribution in [2.45, 2.75) is 32.3 Å². The maximum atomic E-state index is 10.9. The number of hydrogen-bond acceptors (Lipinski definition) is 4. The number of esters is 1. The molecule has 0 aliphatic carbocycles. The average Bonchev–Trinajstić information content (AvgIpc) is 2.23. The standard InChI is InChI=1S/C11H20O4/c1-4-5-6-15-8-10(12)7-9(2)11(13)14-3/h10,12H,2,4-8H2,1,3H3. The van der Waals surface area contributed by atoms with Crippen molar-refractivity contribution in [2.24, 2.45) is 0 Å². The predicted octanol–water partition coefficient (Wildman–Crippen LogP) is 1.28. The van der Waals surface area contributed by atoms with E-state index in [0.717, 1.165) is 12.8 Å². The second kappa shape index (κ2) is 8.44. The van der Waals surface area contributed by atoms with Gasteiger partial charge < -0.3 is 14.6 Å². The summed E-state index contributed by atoms with van der Waals surface area (Å²) in [6.45, 7) is 6.46. The molecule has 1 N–H and O–H groups in total. The van der Waals surface area contributed by atoms with Crippen LogP contribution in [0, 0.1) is 0 Å². The molecule has 0 bridgehead atoms. The van der Waals surface area contributed by atoms with Crippen molar-refractivity contribution in [2.75, 3.05) is 20.3 Å². The van der Waals surface area contributed by atoms with Crippen molar-refractivity contribution < 1.29 is 19.4 Å². The average molecular weight is 216 g/mol. The van der Waals surface area contributed by atoms with Gasteiger partial charge in [-0.1, -0.05) is 19.9 Å². The van der Waals surface area contributed by atoms with Crippen LogP contribution in [-0.4, -0.2) is 37.5 Å². The Labute approximate surface area is 90.9 Å². The maximum Gasteiger partial charge on any atom is 0.333 e. The zero-order valence-electron chi connectivity index (χ0n) is 9.49. The van der Waals surface area contributed by atoms with Crippen LogP contribution in [0.3, 0.4) is 0 Å². The van der Waals surface area contributed by atoms with Crippen LogP contribution in [0.25, 0.3) is 0 Å². The lowest BCUT2D eigenvalue weighted by molar-refractivity contribution is -0.136. The highest BCUT2D eigenvalue weighted by Crippen LogP contribution is 2.05. The zero-order valence-corrected chi connectivity index (χ0v) is 9.49. The molecule has 0 spiro atoms.